The van der Waals surface area contributed by atoms with Crippen LogP contribution in [-0.4, -0.2) is 54.9 Å². The van der Waals surface area contributed by atoms with Crippen LogP contribution in [0.1, 0.15) is 31.4 Å². The molecule has 5 rings (SSSR count). The van der Waals surface area contributed by atoms with Gasteiger partial charge in [0.25, 0.3) is 0 Å². The third kappa shape index (κ3) is 3.42. The molecule has 1 aliphatic heterocycles. The Balaban J connectivity index is 1.30. The lowest BCUT2D eigenvalue weighted by Gasteiger charge is -2.39. The smallest absolute Gasteiger partial charge is 0.173 e. The van der Waals surface area contributed by atoms with Gasteiger partial charge < -0.3 is 9.80 Å². The van der Waals surface area contributed by atoms with Gasteiger partial charge in [-0.1, -0.05) is 0 Å². The molecule has 0 aromatic carbocycles. The minimum Gasteiger partial charge on any atom is -0.355 e. The lowest BCUT2D eigenvalue weighted by atomic mass is 10.0. The second-order valence-electron chi connectivity index (χ2n) is 7.56. The van der Waals surface area contributed by atoms with Crippen molar-refractivity contribution in [3.63, 3.8) is 0 Å². The van der Waals surface area contributed by atoms with Crippen LogP contribution in [-0.2, 0) is 0 Å². The Bertz CT molecular complexity index is 929. The van der Waals surface area contributed by atoms with Crippen LogP contribution in [0.2, 0.25) is 0 Å². The first kappa shape index (κ1) is 17.1. The Morgan fingerprint density at radius 3 is 2.50 bits per heavy atom. The molecule has 3 aromatic heterocycles. The van der Waals surface area contributed by atoms with Crippen molar-refractivity contribution in [2.45, 2.75) is 44.7 Å². The Labute approximate surface area is 164 Å². The number of anilines is 2. The van der Waals surface area contributed by atoms with Crippen LogP contribution in [0, 0.1) is 6.92 Å². The second kappa shape index (κ2) is 7.18. The van der Waals surface area contributed by atoms with E-state index in [9.17, 15) is 0 Å². The standard InChI is InChI=1S/C20H24N8/c1-15-11-18(23-14-22-15)28(16-3-4-16)17-5-9-26(10-6-17)19-12-21-13-20(25-19)27-8-2-7-24-27/h2,7-8,11-14,16-17H,3-6,9-10H2,1H3. The topological polar surface area (TPSA) is 75.9 Å². The van der Waals surface area contributed by atoms with Crippen LogP contribution < -0.4 is 9.80 Å². The molecular weight excluding hydrogens is 352 g/mol. The molecule has 0 bridgehead atoms. The van der Waals surface area contributed by atoms with Crippen molar-refractivity contribution in [2.24, 2.45) is 0 Å². The maximum Gasteiger partial charge on any atom is 0.173 e. The second-order valence-corrected chi connectivity index (χ2v) is 7.56. The fourth-order valence-corrected chi connectivity index (χ4v) is 3.99. The van der Waals surface area contributed by atoms with Crippen LogP contribution in [0.3, 0.4) is 0 Å². The predicted molar refractivity (Wildman–Crippen MR) is 107 cm³/mol. The predicted octanol–water partition coefficient (Wildman–Crippen LogP) is 2.40. The summed E-state index contributed by atoms with van der Waals surface area (Å²) in [5, 5.41) is 4.25. The van der Waals surface area contributed by atoms with Crippen molar-refractivity contribution < 1.29 is 0 Å². The fraction of sp³-hybridized carbons (Fsp3) is 0.450. The average molecular weight is 376 g/mol. The third-order valence-corrected chi connectivity index (χ3v) is 5.52. The van der Waals surface area contributed by atoms with E-state index in [-0.39, 0.29) is 0 Å². The molecule has 4 heterocycles. The quantitative estimate of drug-likeness (QED) is 0.677. The molecule has 0 atom stereocenters. The molecule has 2 aliphatic rings. The SMILES string of the molecule is Cc1cc(N(C2CC2)C2CCN(c3cncc(-n4cccn4)n3)CC2)ncn1. The van der Waals surface area contributed by atoms with E-state index in [0.29, 0.717) is 12.1 Å². The van der Waals surface area contributed by atoms with E-state index < -0.39 is 0 Å². The maximum absolute atomic E-state index is 4.76. The van der Waals surface area contributed by atoms with Crippen LogP contribution >= 0.6 is 0 Å². The minimum atomic E-state index is 0.514. The first-order chi connectivity index (χ1) is 13.8. The number of aryl methyl sites for hydroxylation is 1. The Morgan fingerprint density at radius 2 is 1.79 bits per heavy atom. The summed E-state index contributed by atoms with van der Waals surface area (Å²) in [4.78, 5) is 22.8. The van der Waals surface area contributed by atoms with Gasteiger partial charge in [0.1, 0.15) is 18.0 Å². The third-order valence-electron chi connectivity index (χ3n) is 5.52. The van der Waals surface area contributed by atoms with E-state index in [4.69, 9.17) is 4.98 Å². The normalized spacial score (nSPS) is 17.7. The first-order valence-corrected chi connectivity index (χ1v) is 9.92. The number of rotatable bonds is 5. The fourth-order valence-electron chi connectivity index (χ4n) is 3.99. The summed E-state index contributed by atoms with van der Waals surface area (Å²) in [7, 11) is 0. The average Bonchev–Trinajstić information content (AvgIpc) is 3.40. The van der Waals surface area contributed by atoms with Crippen molar-refractivity contribution in [1.82, 2.24) is 29.7 Å². The number of hydrogen-bond donors (Lipinski definition) is 0. The van der Waals surface area contributed by atoms with E-state index >= 15 is 0 Å². The van der Waals surface area contributed by atoms with Gasteiger partial charge in [-0.05, 0) is 38.7 Å². The zero-order valence-electron chi connectivity index (χ0n) is 16.0. The Morgan fingerprint density at radius 1 is 1.00 bits per heavy atom. The summed E-state index contributed by atoms with van der Waals surface area (Å²) in [5.41, 5.74) is 1.03. The molecular formula is C20H24N8. The molecule has 0 unspecified atom stereocenters. The van der Waals surface area contributed by atoms with E-state index in [1.54, 1.807) is 23.4 Å². The highest BCUT2D eigenvalue weighted by Gasteiger charge is 2.36. The van der Waals surface area contributed by atoms with Gasteiger partial charge in [-0.3, -0.25) is 4.98 Å². The molecule has 8 heteroatoms. The molecule has 8 nitrogen and oxygen atoms in total. The molecule has 0 spiro atoms. The summed E-state index contributed by atoms with van der Waals surface area (Å²) in [5.74, 6) is 2.75. The first-order valence-electron chi connectivity index (χ1n) is 9.92. The zero-order chi connectivity index (χ0) is 18.9. The van der Waals surface area contributed by atoms with Gasteiger partial charge in [-0.15, -0.1) is 0 Å². The van der Waals surface area contributed by atoms with Gasteiger partial charge in [0.05, 0.1) is 12.4 Å². The molecule has 0 N–H and O–H groups in total. The number of aromatic nitrogens is 6. The van der Waals surface area contributed by atoms with Crippen molar-refractivity contribution in [2.75, 3.05) is 22.9 Å². The number of hydrogen-bond acceptors (Lipinski definition) is 7. The Kier molecular flexibility index (Phi) is 4.38. The van der Waals surface area contributed by atoms with Gasteiger partial charge in [0, 0.05) is 49.3 Å². The van der Waals surface area contributed by atoms with Crippen LogP contribution in [0.5, 0.6) is 0 Å². The monoisotopic (exact) mass is 376 g/mol. The lowest BCUT2D eigenvalue weighted by molar-refractivity contribution is 0.457. The summed E-state index contributed by atoms with van der Waals surface area (Å²) < 4.78 is 1.75. The molecule has 144 valence electrons. The van der Waals surface area contributed by atoms with Crippen molar-refractivity contribution >= 4 is 11.6 Å². The number of nitrogens with zero attached hydrogens (tertiary/aromatic N) is 8. The van der Waals surface area contributed by atoms with Gasteiger partial charge in [-0.2, -0.15) is 5.10 Å². The molecule has 3 aromatic rings. The molecule has 2 fully saturated rings. The highest BCUT2D eigenvalue weighted by molar-refractivity contribution is 5.45. The van der Waals surface area contributed by atoms with Crippen molar-refractivity contribution in [3.8, 4) is 5.82 Å². The van der Waals surface area contributed by atoms with Crippen LogP contribution in [0.4, 0.5) is 11.6 Å². The summed E-state index contributed by atoms with van der Waals surface area (Å²) in [6.45, 7) is 3.97. The summed E-state index contributed by atoms with van der Waals surface area (Å²) in [6.07, 6.45) is 13.6. The number of piperidine rings is 1. The van der Waals surface area contributed by atoms with Gasteiger partial charge >= 0.3 is 0 Å². The zero-order valence-corrected chi connectivity index (χ0v) is 16.0. The summed E-state index contributed by atoms with van der Waals surface area (Å²) in [6, 6.07) is 5.15. The van der Waals surface area contributed by atoms with Crippen LogP contribution in [0.25, 0.3) is 5.82 Å². The molecule has 0 amide bonds. The van der Waals surface area contributed by atoms with E-state index in [1.165, 1.54) is 12.8 Å². The maximum atomic E-state index is 4.76. The van der Waals surface area contributed by atoms with Crippen molar-refractivity contribution in [1.29, 1.82) is 0 Å². The highest BCUT2D eigenvalue weighted by atomic mass is 15.3. The van der Waals surface area contributed by atoms with Crippen LogP contribution in [0.15, 0.2) is 43.2 Å². The molecule has 1 saturated heterocycles. The van der Waals surface area contributed by atoms with E-state index in [0.717, 1.165) is 49.1 Å². The molecule has 1 saturated carbocycles. The highest BCUT2D eigenvalue weighted by Crippen LogP contribution is 2.35. The Hall–Kier alpha value is -3.03. The molecule has 1 aliphatic carbocycles. The molecule has 0 radical (unpaired) electrons. The summed E-state index contributed by atoms with van der Waals surface area (Å²) >= 11 is 0. The minimum absolute atomic E-state index is 0.514. The van der Waals surface area contributed by atoms with Gasteiger partial charge in [0.2, 0.25) is 0 Å². The van der Waals surface area contributed by atoms with E-state index in [2.05, 4.69) is 35.9 Å². The van der Waals surface area contributed by atoms with E-state index in [1.807, 2.05) is 25.4 Å². The largest absolute Gasteiger partial charge is 0.355 e. The molecule has 28 heavy (non-hydrogen) atoms. The van der Waals surface area contributed by atoms with Gasteiger partial charge in [-0.25, -0.2) is 19.6 Å². The lowest BCUT2D eigenvalue weighted by Crippen LogP contribution is -2.46. The van der Waals surface area contributed by atoms with Gasteiger partial charge in [0.15, 0.2) is 5.82 Å². The van der Waals surface area contributed by atoms with Crippen molar-refractivity contribution in [3.05, 3.63) is 48.9 Å².